The SMILES string of the molecule is Cn1c(C(=O)Nc2cccc(-c3cccc(NC(=O)c4nc5c(n4C)CCN(C4CCC4)C5)c3Cl)c2Cl)nc2c1CCN(CCC1CCC(C(=O)O)CC1)C2. The number of halogens is 2. The van der Waals surface area contributed by atoms with E-state index in [1.165, 1.54) is 19.3 Å². The van der Waals surface area contributed by atoms with Gasteiger partial charge in [0, 0.05) is 81.7 Å². The van der Waals surface area contributed by atoms with Gasteiger partial charge in [0.2, 0.25) is 0 Å². The third kappa shape index (κ3) is 7.54. The molecule has 3 N–H and O–H groups in total. The lowest BCUT2D eigenvalue weighted by molar-refractivity contribution is -0.143. The van der Waals surface area contributed by atoms with Crippen molar-refractivity contribution in [1.29, 1.82) is 0 Å². The van der Waals surface area contributed by atoms with Crippen LogP contribution >= 0.6 is 23.2 Å². The van der Waals surface area contributed by atoms with Gasteiger partial charge >= 0.3 is 5.97 Å². The van der Waals surface area contributed by atoms with Crippen molar-refractivity contribution in [3.63, 3.8) is 0 Å². The number of nitrogens with one attached hydrogen (secondary N) is 2. The van der Waals surface area contributed by atoms with Crippen molar-refractivity contribution in [2.24, 2.45) is 25.9 Å². The first kappa shape index (κ1) is 37.7. The van der Waals surface area contributed by atoms with Gasteiger partial charge in [0.05, 0.1) is 38.7 Å². The van der Waals surface area contributed by atoms with Gasteiger partial charge in [0.15, 0.2) is 11.6 Å². The highest BCUT2D eigenvalue weighted by molar-refractivity contribution is 6.40. The first-order valence-electron chi connectivity index (χ1n) is 19.5. The molecule has 2 aliphatic heterocycles. The maximum Gasteiger partial charge on any atom is 0.306 e. The summed E-state index contributed by atoms with van der Waals surface area (Å²) in [7, 11) is 3.77. The minimum absolute atomic E-state index is 0.195. The van der Waals surface area contributed by atoms with Crippen molar-refractivity contribution in [2.75, 3.05) is 30.3 Å². The lowest BCUT2D eigenvalue weighted by Gasteiger charge is -2.39. The van der Waals surface area contributed by atoms with E-state index in [1.807, 2.05) is 41.4 Å². The summed E-state index contributed by atoms with van der Waals surface area (Å²) in [4.78, 5) is 53.0. The summed E-state index contributed by atoms with van der Waals surface area (Å²) in [6.45, 7) is 4.24. The van der Waals surface area contributed by atoms with Gasteiger partial charge < -0.3 is 24.9 Å². The Morgan fingerprint density at radius 3 is 1.84 bits per heavy atom. The number of fused-ring (bicyclic) bond motifs is 2. The Balaban J connectivity index is 0.926. The zero-order valence-corrected chi connectivity index (χ0v) is 32.9. The number of rotatable bonds is 10. The third-order valence-electron chi connectivity index (χ3n) is 12.5. The molecule has 8 rings (SSSR count). The average Bonchev–Trinajstić information content (AvgIpc) is 3.67. The Bertz CT molecular complexity index is 2130. The molecule has 0 unspecified atom stereocenters. The minimum Gasteiger partial charge on any atom is -0.481 e. The van der Waals surface area contributed by atoms with Gasteiger partial charge in [-0.3, -0.25) is 24.2 Å². The van der Waals surface area contributed by atoms with Crippen molar-refractivity contribution >= 4 is 52.4 Å². The second kappa shape index (κ2) is 15.7. The number of aliphatic carboxylic acids is 1. The first-order valence-corrected chi connectivity index (χ1v) is 20.3. The zero-order valence-electron chi connectivity index (χ0n) is 31.4. The summed E-state index contributed by atoms with van der Waals surface area (Å²) in [6, 6.07) is 11.4. The molecule has 14 heteroatoms. The number of hydrogen-bond donors (Lipinski definition) is 3. The van der Waals surface area contributed by atoms with E-state index in [4.69, 9.17) is 33.2 Å². The molecular weight excluding hydrogens is 739 g/mol. The molecule has 4 aromatic rings. The molecule has 4 aliphatic rings. The fourth-order valence-corrected chi connectivity index (χ4v) is 9.43. The molecule has 2 aromatic heterocycles. The Hall–Kier alpha value is -4.23. The van der Waals surface area contributed by atoms with Crippen LogP contribution in [-0.4, -0.2) is 77.5 Å². The maximum atomic E-state index is 13.7. The summed E-state index contributed by atoms with van der Waals surface area (Å²) in [6.07, 6.45) is 9.91. The quantitative estimate of drug-likeness (QED) is 0.154. The Morgan fingerprint density at radius 2 is 1.31 bits per heavy atom. The summed E-state index contributed by atoms with van der Waals surface area (Å²) in [5.74, 6) is -0.340. The fraction of sp³-hybridized carbons (Fsp3) is 0.488. The maximum absolute atomic E-state index is 13.7. The molecule has 2 saturated carbocycles. The molecule has 0 saturated heterocycles. The van der Waals surface area contributed by atoms with Gasteiger partial charge in [-0.1, -0.05) is 53.9 Å². The van der Waals surface area contributed by atoms with Crippen LogP contribution in [0.5, 0.6) is 0 Å². The van der Waals surface area contributed by atoms with E-state index in [9.17, 15) is 19.5 Å². The summed E-state index contributed by atoms with van der Waals surface area (Å²) in [5.41, 5.74) is 6.09. The van der Waals surface area contributed by atoms with Crippen molar-refractivity contribution in [2.45, 2.75) is 83.3 Å². The molecule has 0 radical (unpaired) electrons. The number of benzene rings is 2. The van der Waals surface area contributed by atoms with E-state index in [2.05, 4.69) is 20.4 Å². The topological polar surface area (TPSA) is 138 Å². The van der Waals surface area contributed by atoms with Crippen molar-refractivity contribution < 1.29 is 19.5 Å². The van der Waals surface area contributed by atoms with E-state index in [1.54, 1.807) is 18.2 Å². The molecule has 2 aromatic carbocycles. The van der Waals surface area contributed by atoms with Gasteiger partial charge in [0.25, 0.3) is 11.8 Å². The molecule has 290 valence electrons. The molecule has 4 heterocycles. The predicted octanol–water partition coefficient (Wildman–Crippen LogP) is 7.18. The van der Waals surface area contributed by atoms with E-state index < -0.39 is 5.97 Å². The number of carboxylic acid groups (broad SMARTS) is 1. The van der Waals surface area contributed by atoms with Gasteiger partial charge in [-0.25, -0.2) is 9.97 Å². The number of carbonyl (C=O) groups excluding carboxylic acids is 2. The van der Waals surface area contributed by atoms with Gasteiger partial charge in [-0.05, 0) is 69.5 Å². The highest BCUT2D eigenvalue weighted by Gasteiger charge is 2.32. The number of imidazole rings is 2. The van der Waals surface area contributed by atoms with Crippen LogP contribution in [0.3, 0.4) is 0 Å². The molecule has 2 amide bonds. The molecule has 0 bridgehead atoms. The number of nitrogens with zero attached hydrogens (tertiary/aromatic N) is 6. The number of aromatic nitrogens is 4. The Morgan fingerprint density at radius 1 is 0.764 bits per heavy atom. The Labute approximate surface area is 331 Å². The third-order valence-corrected chi connectivity index (χ3v) is 13.3. The molecule has 55 heavy (non-hydrogen) atoms. The standard InChI is InChI=1S/C41H48Cl2N8O4/c1-48-33-17-20-50(19-16-24-12-14-25(15-13-24)41(54)55)22-31(33)44-37(48)39(52)46-29-10-4-8-27(35(29)42)28-9-5-11-30(36(28)43)47-40(53)38-45-32-23-51(26-6-3-7-26)21-18-34(32)49(38)2/h4-5,8-11,24-26H,3,6-7,12-23H2,1-2H3,(H,46,52)(H,47,53)(H,54,55). The summed E-state index contributed by atoms with van der Waals surface area (Å²) in [5, 5.41) is 15.9. The zero-order chi connectivity index (χ0) is 38.4. The number of anilines is 2. The highest BCUT2D eigenvalue weighted by Crippen LogP contribution is 2.41. The van der Waals surface area contributed by atoms with Crippen LogP contribution in [0.4, 0.5) is 11.4 Å². The molecule has 0 atom stereocenters. The van der Waals surface area contributed by atoms with E-state index in [-0.39, 0.29) is 17.7 Å². The largest absolute Gasteiger partial charge is 0.481 e. The molecular formula is C41H48Cl2N8O4. The lowest BCUT2D eigenvalue weighted by Crippen LogP contribution is -2.43. The number of carboxylic acids is 1. The smallest absolute Gasteiger partial charge is 0.306 e. The molecule has 0 spiro atoms. The Kier molecular flexibility index (Phi) is 10.8. The van der Waals surface area contributed by atoms with Crippen molar-refractivity contribution in [3.05, 3.63) is 80.9 Å². The number of carbonyl (C=O) groups is 3. The van der Waals surface area contributed by atoms with Crippen molar-refractivity contribution in [1.82, 2.24) is 28.9 Å². The molecule has 2 fully saturated rings. The van der Waals surface area contributed by atoms with Crippen LogP contribution in [0.2, 0.25) is 10.0 Å². The molecule has 2 aliphatic carbocycles. The van der Waals surface area contributed by atoms with Gasteiger partial charge in [-0.2, -0.15) is 0 Å². The summed E-state index contributed by atoms with van der Waals surface area (Å²) < 4.78 is 3.77. The van der Waals surface area contributed by atoms with Crippen LogP contribution in [-0.2, 0) is 44.8 Å². The van der Waals surface area contributed by atoms with Crippen LogP contribution in [0.1, 0.15) is 95.4 Å². The van der Waals surface area contributed by atoms with Crippen LogP contribution in [0.15, 0.2) is 36.4 Å². The van der Waals surface area contributed by atoms with Crippen LogP contribution in [0, 0.1) is 11.8 Å². The van der Waals surface area contributed by atoms with E-state index in [0.29, 0.717) is 62.7 Å². The van der Waals surface area contributed by atoms with E-state index >= 15 is 0 Å². The predicted molar refractivity (Wildman–Crippen MR) is 213 cm³/mol. The van der Waals surface area contributed by atoms with Gasteiger partial charge in [0.1, 0.15) is 0 Å². The van der Waals surface area contributed by atoms with Crippen LogP contribution in [0.25, 0.3) is 11.1 Å². The lowest BCUT2D eigenvalue weighted by atomic mass is 9.80. The number of hydrogen-bond acceptors (Lipinski definition) is 7. The second-order valence-electron chi connectivity index (χ2n) is 15.7. The summed E-state index contributed by atoms with van der Waals surface area (Å²) >= 11 is 13.9. The van der Waals surface area contributed by atoms with Crippen LogP contribution < -0.4 is 10.6 Å². The second-order valence-corrected chi connectivity index (χ2v) is 16.4. The normalized spacial score (nSPS) is 20.4. The van der Waals surface area contributed by atoms with Crippen molar-refractivity contribution in [3.8, 4) is 11.1 Å². The van der Waals surface area contributed by atoms with Gasteiger partial charge in [-0.15, -0.1) is 0 Å². The molecule has 12 nitrogen and oxygen atoms in total. The monoisotopic (exact) mass is 786 g/mol. The highest BCUT2D eigenvalue weighted by atomic mass is 35.5. The fourth-order valence-electron chi connectivity index (χ4n) is 8.88. The average molecular weight is 788 g/mol. The number of amides is 2. The van der Waals surface area contributed by atoms with E-state index in [0.717, 1.165) is 93.9 Å². The first-order chi connectivity index (χ1) is 26.5. The minimum atomic E-state index is -0.668.